The number of aromatic nitrogens is 6. The molecule has 11 heteroatoms. The Morgan fingerprint density at radius 3 is 2.94 bits per heavy atom. The van der Waals surface area contributed by atoms with Gasteiger partial charge in [-0.05, 0) is 43.2 Å². The number of aryl methyl sites for hydroxylation is 2. The lowest BCUT2D eigenvalue weighted by Crippen LogP contribution is -2.28. The lowest BCUT2D eigenvalue weighted by molar-refractivity contribution is -0.118. The minimum absolute atomic E-state index is 0.121. The second-order valence-corrected chi connectivity index (χ2v) is 8.19. The van der Waals surface area contributed by atoms with E-state index in [2.05, 4.69) is 20.6 Å². The van der Waals surface area contributed by atoms with Crippen LogP contribution in [0.25, 0.3) is 11.3 Å². The van der Waals surface area contributed by atoms with Gasteiger partial charge in [0.25, 0.3) is 0 Å². The lowest BCUT2D eigenvalue weighted by atomic mass is 10.2. The van der Waals surface area contributed by atoms with Gasteiger partial charge in [-0.2, -0.15) is 0 Å². The van der Waals surface area contributed by atoms with Crippen LogP contribution in [0, 0.1) is 6.92 Å². The number of benzene rings is 1. The number of thioether (sulfide) groups is 1. The molecule has 4 rings (SSSR count). The summed E-state index contributed by atoms with van der Waals surface area (Å²) in [6.07, 6.45) is 3.87. The summed E-state index contributed by atoms with van der Waals surface area (Å²) in [5.74, 6) is 0.0795. The number of rotatable bonds is 8. The van der Waals surface area contributed by atoms with E-state index in [0.29, 0.717) is 35.3 Å². The summed E-state index contributed by atoms with van der Waals surface area (Å²) in [4.78, 5) is 24.4. The van der Waals surface area contributed by atoms with Crippen LogP contribution in [0.3, 0.4) is 0 Å². The van der Waals surface area contributed by atoms with Crippen molar-refractivity contribution in [3.8, 4) is 5.69 Å². The molecule has 3 heterocycles. The van der Waals surface area contributed by atoms with E-state index in [-0.39, 0.29) is 17.3 Å². The molecule has 1 amide bonds. The van der Waals surface area contributed by atoms with Gasteiger partial charge in [-0.3, -0.25) is 13.8 Å². The molecule has 1 aromatic carbocycles. The van der Waals surface area contributed by atoms with Crippen LogP contribution in [0.2, 0.25) is 5.02 Å². The maximum Gasteiger partial charge on any atom is 0.350 e. The van der Waals surface area contributed by atoms with E-state index in [9.17, 15) is 9.59 Å². The van der Waals surface area contributed by atoms with Crippen molar-refractivity contribution < 1.29 is 4.79 Å². The third kappa shape index (κ3) is 4.80. The Morgan fingerprint density at radius 1 is 1.26 bits per heavy atom. The average molecular weight is 458 g/mol. The maximum absolute atomic E-state index is 12.2. The smallest absolute Gasteiger partial charge is 0.350 e. The maximum atomic E-state index is 12.2. The fourth-order valence-electron chi connectivity index (χ4n) is 2.98. The van der Waals surface area contributed by atoms with Gasteiger partial charge in [-0.25, -0.2) is 9.48 Å². The zero-order chi connectivity index (χ0) is 21.8. The highest BCUT2D eigenvalue weighted by atomic mass is 35.5. The Hall–Kier alpha value is -3.11. The van der Waals surface area contributed by atoms with Gasteiger partial charge in [0.05, 0.1) is 11.4 Å². The highest BCUT2D eigenvalue weighted by molar-refractivity contribution is 7.99. The van der Waals surface area contributed by atoms with Crippen molar-refractivity contribution in [2.24, 2.45) is 0 Å². The van der Waals surface area contributed by atoms with Gasteiger partial charge in [-0.1, -0.05) is 35.5 Å². The predicted octanol–water partition coefficient (Wildman–Crippen LogP) is 2.34. The number of nitrogens with one attached hydrogen (secondary N) is 1. The first-order valence-electron chi connectivity index (χ1n) is 9.63. The summed E-state index contributed by atoms with van der Waals surface area (Å²) in [7, 11) is 0. The predicted molar refractivity (Wildman–Crippen MR) is 119 cm³/mol. The zero-order valence-electron chi connectivity index (χ0n) is 16.7. The van der Waals surface area contributed by atoms with Crippen molar-refractivity contribution in [3.05, 3.63) is 70.0 Å². The van der Waals surface area contributed by atoms with E-state index in [4.69, 9.17) is 11.6 Å². The number of fused-ring (bicyclic) bond motifs is 1. The van der Waals surface area contributed by atoms with E-state index < -0.39 is 0 Å². The normalized spacial score (nSPS) is 11.2. The van der Waals surface area contributed by atoms with Gasteiger partial charge in [0.15, 0.2) is 10.8 Å². The van der Waals surface area contributed by atoms with E-state index in [1.54, 1.807) is 29.2 Å². The molecular weight excluding hydrogens is 438 g/mol. The molecule has 9 nitrogen and oxygen atoms in total. The molecule has 3 aromatic heterocycles. The second kappa shape index (κ2) is 9.36. The number of carbonyl (C=O) groups is 1. The fraction of sp³-hybridized carbons (Fsp3) is 0.250. The summed E-state index contributed by atoms with van der Waals surface area (Å²) in [5, 5.41) is 16.4. The molecule has 160 valence electrons. The van der Waals surface area contributed by atoms with E-state index in [0.717, 1.165) is 11.3 Å². The minimum Gasteiger partial charge on any atom is -0.355 e. The van der Waals surface area contributed by atoms with Crippen molar-refractivity contribution in [1.82, 2.24) is 34.3 Å². The van der Waals surface area contributed by atoms with Crippen molar-refractivity contribution in [3.63, 3.8) is 0 Å². The SMILES string of the molecule is Cc1ccc(-n2cnnc2SCC(=O)NCCCn2nc3ccccn3c2=O)cc1Cl. The molecule has 0 spiro atoms. The lowest BCUT2D eigenvalue weighted by Gasteiger charge is -2.08. The van der Waals surface area contributed by atoms with Crippen LogP contribution in [-0.2, 0) is 11.3 Å². The highest BCUT2D eigenvalue weighted by Gasteiger charge is 2.11. The second-order valence-electron chi connectivity index (χ2n) is 6.84. The molecule has 0 saturated carbocycles. The fourth-order valence-corrected chi connectivity index (χ4v) is 3.92. The first-order chi connectivity index (χ1) is 15.0. The molecule has 1 N–H and O–H groups in total. The largest absolute Gasteiger partial charge is 0.355 e. The van der Waals surface area contributed by atoms with Gasteiger partial charge >= 0.3 is 5.69 Å². The number of pyridine rings is 1. The Labute approximate surface area is 187 Å². The molecule has 0 aliphatic heterocycles. The Morgan fingerprint density at radius 2 is 2.13 bits per heavy atom. The number of nitrogens with zero attached hydrogens (tertiary/aromatic N) is 6. The molecule has 0 atom stereocenters. The van der Waals surface area contributed by atoms with Crippen LogP contribution in [-0.4, -0.2) is 47.2 Å². The Balaban J connectivity index is 1.26. The summed E-state index contributed by atoms with van der Waals surface area (Å²) < 4.78 is 4.69. The molecule has 31 heavy (non-hydrogen) atoms. The third-order valence-corrected chi connectivity index (χ3v) is 5.99. The van der Waals surface area contributed by atoms with Crippen LogP contribution < -0.4 is 11.0 Å². The van der Waals surface area contributed by atoms with Crippen LogP contribution in [0.1, 0.15) is 12.0 Å². The highest BCUT2D eigenvalue weighted by Crippen LogP contribution is 2.23. The molecule has 0 aliphatic carbocycles. The van der Waals surface area contributed by atoms with Crippen LogP contribution in [0.4, 0.5) is 0 Å². The average Bonchev–Trinajstić information content (AvgIpc) is 3.36. The molecule has 4 aromatic rings. The zero-order valence-corrected chi connectivity index (χ0v) is 18.3. The van der Waals surface area contributed by atoms with Crippen molar-refractivity contribution in [2.75, 3.05) is 12.3 Å². The van der Waals surface area contributed by atoms with E-state index in [1.165, 1.54) is 20.8 Å². The first kappa shape index (κ1) is 21.1. The van der Waals surface area contributed by atoms with E-state index >= 15 is 0 Å². The molecule has 0 fully saturated rings. The van der Waals surface area contributed by atoms with Crippen molar-refractivity contribution in [1.29, 1.82) is 0 Å². The number of hydrogen-bond donors (Lipinski definition) is 1. The topological polar surface area (TPSA) is 99.1 Å². The molecule has 0 saturated heterocycles. The van der Waals surface area contributed by atoms with Crippen LogP contribution in [0.5, 0.6) is 0 Å². The minimum atomic E-state index is -0.187. The monoisotopic (exact) mass is 457 g/mol. The number of hydrogen-bond acceptors (Lipinski definition) is 6. The van der Waals surface area contributed by atoms with Gasteiger partial charge in [-0.15, -0.1) is 15.3 Å². The molecule has 0 unspecified atom stereocenters. The number of halogens is 1. The summed E-state index contributed by atoms with van der Waals surface area (Å²) >= 11 is 7.50. The number of carbonyl (C=O) groups excluding carboxylic acids is 1. The number of amides is 1. The van der Waals surface area contributed by atoms with Crippen LogP contribution >= 0.6 is 23.4 Å². The molecular formula is C20H20ClN7O2S. The van der Waals surface area contributed by atoms with Crippen molar-refractivity contribution in [2.45, 2.75) is 25.0 Å². The third-order valence-electron chi connectivity index (χ3n) is 4.64. The Kier molecular flexibility index (Phi) is 6.38. The molecule has 0 aliphatic rings. The standard InChI is InChI=1S/C20H20ClN7O2S/c1-14-6-7-15(11-16(14)21)27-13-23-24-19(27)31-12-18(29)22-8-4-10-28-20(30)26-9-3-2-5-17(26)25-28/h2-3,5-7,9,11,13H,4,8,10,12H2,1H3,(H,22,29). The van der Waals surface area contributed by atoms with Gasteiger partial charge in [0.2, 0.25) is 5.91 Å². The van der Waals surface area contributed by atoms with Gasteiger partial charge in [0, 0.05) is 24.3 Å². The van der Waals surface area contributed by atoms with Gasteiger partial charge in [0.1, 0.15) is 6.33 Å². The Bertz CT molecular complexity index is 1280. The molecule has 0 bridgehead atoms. The first-order valence-corrected chi connectivity index (χ1v) is 11.0. The van der Waals surface area contributed by atoms with Gasteiger partial charge < -0.3 is 5.32 Å². The quantitative estimate of drug-likeness (QED) is 0.322. The summed E-state index contributed by atoms with van der Waals surface area (Å²) in [6.45, 7) is 2.81. The summed E-state index contributed by atoms with van der Waals surface area (Å²) in [5.41, 5.74) is 2.24. The molecule has 0 radical (unpaired) electrons. The summed E-state index contributed by atoms with van der Waals surface area (Å²) in [6, 6.07) is 11.1. The van der Waals surface area contributed by atoms with Crippen molar-refractivity contribution >= 4 is 34.9 Å². The van der Waals surface area contributed by atoms with E-state index in [1.807, 2.05) is 31.2 Å². The van der Waals surface area contributed by atoms with Crippen LogP contribution in [0.15, 0.2) is 58.9 Å².